The fourth-order valence-corrected chi connectivity index (χ4v) is 1.47. The normalized spacial score (nSPS) is 14.8. The fraction of sp³-hybridized carbons (Fsp3) is 0.714. The van der Waals surface area contributed by atoms with E-state index < -0.39 is 0 Å². The molecule has 0 bridgehead atoms. The van der Waals surface area contributed by atoms with E-state index in [0.29, 0.717) is 5.92 Å². The summed E-state index contributed by atoms with van der Waals surface area (Å²) in [5.41, 5.74) is 1.20. The number of hydrogen-bond acceptors (Lipinski definition) is 1. The second-order valence-corrected chi connectivity index (χ2v) is 4.14. The highest BCUT2D eigenvalue weighted by atomic mass is 16.3. The SMILES string of the molecule is CC/C=C\CCC/C(=C/[C@@H](C)CC)CO. The highest BCUT2D eigenvalue weighted by Crippen LogP contribution is 2.12. The van der Waals surface area contributed by atoms with Crippen LogP contribution >= 0.6 is 0 Å². The van der Waals surface area contributed by atoms with Crippen molar-refractivity contribution in [1.29, 1.82) is 0 Å². The first kappa shape index (κ1) is 14.4. The summed E-state index contributed by atoms with van der Waals surface area (Å²) in [6.45, 7) is 6.76. The maximum atomic E-state index is 9.19. The molecular formula is C14H26O. The average Bonchev–Trinajstić information content (AvgIpc) is 2.26. The van der Waals surface area contributed by atoms with Crippen molar-refractivity contribution >= 4 is 0 Å². The first-order valence-electron chi connectivity index (χ1n) is 6.19. The Morgan fingerprint density at radius 1 is 1.27 bits per heavy atom. The molecule has 1 heteroatoms. The Hall–Kier alpha value is -0.560. The van der Waals surface area contributed by atoms with Gasteiger partial charge in [-0.05, 0) is 37.2 Å². The minimum atomic E-state index is 0.224. The predicted octanol–water partition coefficient (Wildman–Crippen LogP) is 4.09. The molecule has 0 saturated carbocycles. The molecule has 0 saturated heterocycles. The van der Waals surface area contributed by atoms with E-state index in [1.165, 1.54) is 5.57 Å². The van der Waals surface area contributed by atoms with Gasteiger partial charge in [-0.3, -0.25) is 0 Å². The van der Waals surface area contributed by atoms with Crippen molar-refractivity contribution in [1.82, 2.24) is 0 Å². The molecule has 0 aromatic carbocycles. The molecule has 0 heterocycles. The fourth-order valence-electron chi connectivity index (χ4n) is 1.47. The number of allylic oxidation sites excluding steroid dienone is 3. The Kier molecular flexibility index (Phi) is 9.60. The topological polar surface area (TPSA) is 20.2 Å². The van der Waals surface area contributed by atoms with Gasteiger partial charge in [-0.15, -0.1) is 0 Å². The molecule has 0 fully saturated rings. The van der Waals surface area contributed by atoms with Crippen molar-refractivity contribution in [2.24, 2.45) is 5.92 Å². The van der Waals surface area contributed by atoms with Crippen molar-refractivity contribution in [3.8, 4) is 0 Å². The summed E-state index contributed by atoms with van der Waals surface area (Å²) < 4.78 is 0. The predicted molar refractivity (Wildman–Crippen MR) is 67.9 cm³/mol. The van der Waals surface area contributed by atoms with E-state index in [1.54, 1.807) is 0 Å². The number of aliphatic hydroxyl groups excluding tert-OH is 1. The third-order valence-corrected chi connectivity index (χ3v) is 2.64. The molecule has 0 aliphatic carbocycles. The van der Waals surface area contributed by atoms with Crippen LogP contribution < -0.4 is 0 Å². The van der Waals surface area contributed by atoms with Crippen LogP contribution in [0, 0.1) is 5.92 Å². The highest BCUT2D eigenvalue weighted by Gasteiger charge is 1.99. The quantitative estimate of drug-likeness (QED) is 0.472. The molecule has 0 radical (unpaired) electrons. The minimum Gasteiger partial charge on any atom is -0.392 e. The third-order valence-electron chi connectivity index (χ3n) is 2.64. The first-order valence-corrected chi connectivity index (χ1v) is 6.19. The molecule has 0 amide bonds. The summed E-state index contributed by atoms with van der Waals surface area (Å²) in [6, 6.07) is 0. The van der Waals surface area contributed by atoms with Gasteiger partial charge in [0.2, 0.25) is 0 Å². The van der Waals surface area contributed by atoms with Gasteiger partial charge in [-0.2, -0.15) is 0 Å². The van der Waals surface area contributed by atoms with E-state index in [4.69, 9.17) is 0 Å². The maximum Gasteiger partial charge on any atom is 0.0641 e. The molecule has 1 atom stereocenters. The van der Waals surface area contributed by atoms with Gasteiger partial charge in [0, 0.05) is 0 Å². The Labute approximate surface area is 94.9 Å². The molecule has 1 N–H and O–H groups in total. The first-order chi connectivity index (χ1) is 7.24. The molecule has 88 valence electrons. The summed E-state index contributed by atoms with van der Waals surface area (Å²) in [6.07, 6.45) is 12.3. The van der Waals surface area contributed by atoms with Crippen molar-refractivity contribution in [2.75, 3.05) is 6.61 Å². The van der Waals surface area contributed by atoms with Gasteiger partial charge in [0.1, 0.15) is 0 Å². The van der Waals surface area contributed by atoms with Crippen molar-refractivity contribution in [3.63, 3.8) is 0 Å². The molecule has 0 aliphatic heterocycles. The molecular weight excluding hydrogens is 184 g/mol. The summed E-state index contributed by atoms with van der Waals surface area (Å²) in [7, 11) is 0. The highest BCUT2D eigenvalue weighted by molar-refractivity contribution is 5.04. The zero-order valence-electron chi connectivity index (χ0n) is 10.5. The van der Waals surface area contributed by atoms with Crippen molar-refractivity contribution < 1.29 is 5.11 Å². The van der Waals surface area contributed by atoms with Crippen molar-refractivity contribution in [3.05, 3.63) is 23.8 Å². The maximum absolute atomic E-state index is 9.19. The van der Waals surface area contributed by atoms with Crippen LogP contribution in [0.4, 0.5) is 0 Å². The zero-order valence-corrected chi connectivity index (χ0v) is 10.5. The number of aliphatic hydroxyl groups is 1. The van der Waals surface area contributed by atoms with Gasteiger partial charge in [-0.25, -0.2) is 0 Å². The van der Waals surface area contributed by atoms with E-state index in [1.807, 2.05) is 0 Å². The second-order valence-electron chi connectivity index (χ2n) is 4.14. The largest absolute Gasteiger partial charge is 0.392 e. The van der Waals surface area contributed by atoms with Crippen LogP contribution in [-0.2, 0) is 0 Å². The lowest BCUT2D eigenvalue weighted by Gasteiger charge is -2.07. The summed E-state index contributed by atoms with van der Waals surface area (Å²) in [4.78, 5) is 0. The molecule has 0 rings (SSSR count). The van der Waals surface area contributed by atoms with Crippen LogP contribution in [0.15, 0.2) is 23.8 Å². The molecule has 0 unspecified atom stereocenters. The van der Waals surface area contributed by atoms with E-state index in [2.05, 4.69) is 39.0 Å². The van der Waals surface area contributed by atoms with Gasteiger partial charge >= 0.3 is 0 Å². The van der Waals surface area contributed by atoms with Gasteiger partial charge in [0.05, 0.1) is 6.61 Å². The summed E-state index contributed by atoms with van der Waals surface area (Å²) >= 11 is 0. The molecule has 0 spiro atoms. The number of hydrogen-bond donors (Lipinski definition) is 1. The summed E-state index contributed by atoms with van der Waals surface area (Å²) in [5.74, 6) is 0.596. The average molecular weight is 210 g/mol. The van der Waals surface area contributed by atoms with Crippen LogP contribution in [0.1, 0.15) is 52.9 Å². The molecule has 0 aromatic rings. The van der Waals surface area contributed by atoms with Crippen molar-refractivity contribution in [2.45, 2.75) is 52.9 Å². The Bertz CT molecular complexity index is 192. The van der Waals surface area contributed by atoms with Crippen LogP contribution in [0.5, 0.6) is 0 Å². The van der Waals surface area contributed by atoms with Crippen LogP contribution in [0.25, 0.3) is 0 Å². The molecule has 0 aliphatic rings. The molecule has 15 heavy (non-hydrogen) atoms. The Morgan fingerprint density at radius 2 is 2.00 bits per heavy atom. The lowest BCUT2D eigenvalue weighted by molar-refractivity contribution is 0.324. The smallest absolute Gasteiger partial charge is 0.0641 e. The van der Waals surface area contributed by atoms with Gasteiger partial charge in [-0.1, -0.05) is 45.4 Å². The Balaban J connectivity index is 3.79. The van der Waals surface area contributed by atoms with E-state index in [0.717, 1.165) is 32.1 Å². The molecule has 1 nitrogen and oxygen atoms in total. The van der Waals surface area contributed by atoms with Gasteiger partial charge in [0.15, 0.2) is 0 Å². The van der Waals surface area contributed by atoms with Crippen LogP contribution in [0.2, 0.25) is 0 Å². The zero-order chi connectivity index (χ0) is 11.5. The Morgan fingerprint density at radius 3 is 2.53 bits per heavy atom. The molecule has 0 aromatic heterocycles. The van der Waals surface area contributed by atoms with Crippen LogP contribution in [0.3, 0.4) is 0 Å². The lowest BCUT2D eigenvalue weighted by atomic mass is 10.0. The number of unbranched alkanes of at least 4 members (excludes halogenated alkanes) is 1. The van der Waals surface area contributed by atoms with E-state index in [-0.39, 0.29) is 6.61 Å². The number of rotatable bonds is 8. The van der Waals surface area contributed by atoms with E-state index in [9.17, 15) is 5.11 Å². The lowest BCUT2D eigenvalue weighted by Crippen LogP contribution is -1.95. The van der Waals surface area contributed by atoms with Gasteiger partial charge in [0.25, 0.3) is 0 Å². The monoisotopic (exact) mass is 210 g/mol. The second kappa shape index (κ2) is 9.97. The summed E-state index contributed by atoms with van der Waals surface area (Å²) in [5, 5.41) is 9.19. The van der Waals surface area contributed by atoms with Gasteiger partial charge < -0.3 is 5.11 Å². The third kappa shape index (κ3) is 8.44. The van der Waals surface area contributed by atoms with E-state index >= 15 is 0 Å². The standard InChI is InChI=1S/C14H26O/c1-4-6-7-8-9-10-14(12-15)11-13(3)5-2/h6-7,11,13,15H,4-5,8-10,12H2,1-3H3/b7-6-,14-11-/t13-/m0/s1. The minimum absolute atomic E-state index is 0.224. The van der Waals surface area contributed by atoms with Crippen LogP contribution in [-0.4, -0.2) is 11.7 Å².